The van der Waals surface area contributed by atoms with Gasteiger partial charge in [0.2, 0.25) is 0 Å². The summed E-state index contributed by atoms with van der Waals surface area (Å²) in [5.41, 5.74) is 31.0. The van der Waals surface area contributed by atoms with E-state index < -0.39 is 92.1 Å². The van der Waals surface area contributed by atoms with Gasteiger partial charge in [-0.05, 0) is 242 Å². The molecule has 0 saturated carbocycles. The molecular weight excluding hydrogens is 1880 g/mol. The van der Waals surface area contributed by atoms with E-state index >= 15 is 0 Å². The molecule has 7 aliphatic heterocycles. The fourth-order valence-electron chi connectivity index (χ4n) is 19.1. The molecule has 6 fully saturated rings. The average molecular weight is 2020 g/mol. The number of hydrogen-bond donors (Lipinski definition) is 0. The van der Waals surface area contributed by atoms with Gasteiger partial charge in [0, 0.05) is 84.2 Å². The van der Waals surface area contributed by atoms with E-state index in [0.29, 0.717) is 0 Å². The van der Waals surface area contributed by atoms with Gasteiger partial charge in [0.05, 0.1) is 0 Å². The van der Waals surface area contributed by atoms with Crippen molar-refractivity contribution in [2.45, 2.75) is 184 Å². The summed E-state index contributed by atoms with van der Waals surface area (Å²) in [7, 11) is -35.7. The summed E-state index contributed by atoms with van der Waals surface area (Å²) in [6.45, 7) is 52.9. The van der Waals surface area contributed by atoms with Gasteiger partial charge in [-0.25, -0.2) is 13.5 Å². The third-order valence-electron chi connectivity index (χ3n) is 25.8. The molecule has 6 saturated heterocycles. The van der Waals surface area contributed by atoms with Crippen LogP contribution in [0.3, 0.4) is 0 Å². The van der Waals surface area contributed by atoms with Crippen LogP contribution in [0.4, 0.5) is 0 Å². The summed E-state index contributed by atoms with van der Waals surface area (Å²) < 4.78 is 95.5. The van der Waals surface area contributed by atoms with Crippen LogP contribution in [0.1, 0.15) is 108 Å². The topological polar surface area (TPSA) is 148 Å². The lowest BCUT2D eigenvalue weighted by Crippen LogP contribution is -2.86. The molecule has 15 aromatic rings. The van der Waals surface area contributed by atoms with Crippen LogP contribution >= 0.6 is 21.6 Å². The van der Waals surface area contributed by atoms with Gasteiger partial charge in [-0.1, -0.05) is 347 Å². The van der Waals surface area contributed by atoms with Gasteiger partial charge in [0.15, 0.2) is 0 Å². The second-order valence-corrected chi connectivity index (χ2v) is 71.2. The van der Waals surface area contributed by atoms with Crippen LogP contribution < -0.4 is 31.8 Å². The maximum atomic E-state index is 6.39. The Bertz CT molecular complexity index is 6160. The Balaban J connectivity index is 0.000000133. The SMILES string of the molecule is C.C[Si]12O[Si]3(C)O[Si]4(C)O[Si](C)(O1)O[Si]1(C)O[Si](C)(O2)O[Si](C)(O3)O[Si](C)(O4)O1.Cc1cc(C)cc(C)c1.Cc1cc2c3cc(C)c(C)cc3c3cc(C)c(C)cc3c2cc1C.Cc1ccc(-c2cc(-c3ccc(C)cc3)cc(-c3ccc(C)cc3)c2)cc1.Cc1ccc(P2(c3ccc(C)cc3)=NP(c3ccc(C)cc3)(c3ccc(C)cc3)=NP(c3ccc(C)cc3)(c3ccc(C)cc3)=N2)cc1. The maximum Gasteiger partial charge on any atom is 0.475 e. The van der Waals surface area contributed by atoms with Crippen molar-refractivity contribution in [2.24, 2.45) is 13.5 Å². The fraction of sp³-hybridized carbons (Fsp3) is 0.243. The van der Waals surface area contributed by atoms with Gasteiger partial charge in [0.25, 0.3) is 0 Å². The molecule has 0 spiro atoms. The van der Waals surface area contributed by atoms with Crippen molar-refractivity contribution in [1.29, 1.82) is 0 Å². The third-order valence-corrected chi connectivity index (χ3v) is 73.7. The predicted octanol–water partition coefficient (Wildman–Crippen LogP) is 28.8. The highest BCUT2D eigenvalue weighted by Crippen LogP contribution is 2.76. The molecule has 0 aromatic heterocycles. The minimum absolute atomic E-state index is 0. The first kappa shape index (κ1) is 101. The van der Waals surface area contributed by atoms with Crippen LogP contribution in [-0.2, 0) is 49.4 Å². The van der Waals surface area contributed by atoms with Crippen LogP contribution in [-0.4, -0.2) is 70.4 Å². The van der Waals surface area contributed by atoms with Gasteiger partial charge in [-0.3, -0.25) is 0 Å². The summed E-state index contributed by atoms with van der Waals surface area (Å²) >= 11 is 0. The first-order chi connectivity index (χ1) is 64.2. The van der Waals surface area contributed by atoms with Gasteiger partial charge >= 0.3 is 70.4 Å². The molecule has 0 aliphatic carbocycles. The molecule has 137 heavy (non-hydrogen) atoms. The van der Waals surface area contributed by atoms with Crippen molar-refractivity contribution in [1.82, 2.24) is 0 Å². The molecule has 26 heteroatoms. The molecule has 7 heterocycles. The second-order valence-electron chi connectivity index (χ2n) is 38.7. The number of aryl methyl sites for hydroxylation is 18. The number of fused-ring (bicyclic) bond motifs is 6. The van der Waals surface area contributed by atoms with E-state index in [1.165, 1.54) is 198 Å². The van der Waals surface area contributed by atoms with Gasteiger partial charge in [-0.2, -0.15) is 0 Å². The Morgan fingerprint density at radius 1 is 0.153 bits per heavy atom. The van der Waals surface area contributed by atoms with Gasteiger partial charge < -0.3 is 49.4 Å². The Morgan fingerprint density at radius 2 is 0.277 bits per heavy atom. The van der Waals surface area contributed by atoms with Crippen LogP contribution in [0, 0.1) is 125 Å². The molecule has 0 radical (unpaired) electrons. The zero-order chi connectivity index (χ0) is 96.8. The lowest BCUT2D eigenvalue weighted by Gasteiger charge is -2.60. The van der Waals surface area contributed by atoms with Gasteiger partial charge in [0.1, 0.15) is 21.6 Å². The van der Waals surface area contributed by atoms with Gasteiger partial charge in [-0.15, -0.1) is 0 Å². The standard InChI is InChI=1S/C42H42N3P3.C27H24.C24H24.C9H12.C8H24O12Si8.CH4/c1-31-7-19-37(20-8-31)46(38-21-9-32(2)10-22-38)43-47(39-23-11-33(3)12-24-39,40-25-13-34(4)14-26-40)45-48(44-46,41-27-15-35(5)16-28-41)42-29-17-36(6)18-30-42;1-19-4-10-22(11-5-19)25-16-26(23-12-6-20(2)7-13-23)18-27(17-25)24-14-8-21(3)9-15-24;1-13-7-19-20(8-14(13)2)22-10-16(4)18(6)12-24(22)23-11-17(5)15(3)9-21(19)23;1-7-4-8(2)6-9(3)5-7;1-21-9-22(2)12-25(5)14-23(3,10-21)16-27(7)17-24(4,11-21)15-26(6,13-22)19-28(8,18-25)20-27;/h7-30H,1-6H3;4-18H,1-3H3;7-12H,1-6H3;4-6H,1-3H3;1-8H3;1H4. The third kappa shape index (κ3) is 21.6. The van der Waals surface area contributed by atoms with E-state index in [0.717, 1.165) is 0 Å². The zero-order valence-corrected chi connectivity index (χ0v) is 94.0. The Hall–Kier alpha value is -8.97. The first-order valence-electron chi connectivity index (χ1n) is 46.8. The molecule has 0 atom stereocenters. The molecule has 15 aromatic carbocycles. The number of rotatable bonds is 9. The minimum atomic E-state index is -3.40. The normalized spacial score (nSPS) is 23.9. The smallest absolute Gasteiger partial charge is 0.374 e. The largest absolute Gasteiger partial charge is 0.475 e. The van der Waals surface area contributed by atoms with E-state index in [1.807, 2.05) is 0 Å². The Morgan fingerprint density at radius 3 is 0.409 bits per heavy atom. The Labute approximate surface area is 821 Å². The number of benzene rings is 15. The van der Waals surface area contributed by atoms with Crippen LogP contribution in [0.25, 0.3) is 65.7 Å². The zero-order valence-electron chi connectivity index (χ0n) is 83.3. The lowest BCUT2D eigenvalue weighted by atomic mass is 9.88. The van der Waals surface area contributed by atoms with E-state index in [2.05, 4.69) is 416 Å². The molecule has 0 unspecified atom stereocenters. The van der Waals surface area contributed by atoms with Crippen molar-refractivity contribution >= 4 is 156 Å². The molecule has 22 rings (SSSR count). The van der Waals surface area contributed by atoms with Crippen molar-refractivity contribution in [3.05, 3.63) is 391 Å². The summed E-state index contributed by atoms with van der Waals surface area (Å²) in [4.78, 5) is 0. The van der Waals surface area contributed by atoms with Crippen LogP contribution in [0.15, 0.2) is 305 Å². The second kappa shape index (κ2) is 38.8. The highest BCUT2D eigenvalue weighted by atomic mass is 31.3. The molecule has 0 amide bonds. The molecule has 15 nitrogen and oxygen atoms in total. The Kier molecular flexibility index (Phi) is 28.6. The quantitative estimate of drug-likeness (QED) is 0.0769. The lowest BCUT2D eigenvalue weighted by molar-refractivity contribution is -0.0176. The van der Waals surface area contributed by atoms with Crippen molar-refractivity contribution in [3.63, 3.8) is 0 Å². The van der Waals surface area contributed by atoms with E-state index in [-0.39, 0.29) is 7.43 Å². The molecule has 7 aliphatic rings. The molecule has 708 valence electrons. The van der Waals surface area contributed by atoms with E-state index in [4.69, 9.17) is 62.9 Å². The highest BCUT2D eigenvalue weighted by molar-refractivity contribution is 8.00. The predicted molar refractivity (Wildman–Crippen MR) is 591 cm³/mol. The van der Waals surface area contributed by atoms with Crippen LogP contribution in [0.2, 0.25) is 52.4 Å². The van der Waals surface area contributed by atoms with Crippen molar-refractivity contribution < 1.29 is 49.4 Å². The fourth-order valence-corrected chi connectivity index (χ4v) is 79.6. The van der Waals surface area contributed by atoms with E-state index in [1.54, 1.807) is 52.4 Å². The summed E-state index contributed by atoms with van der Waals surface area (Å²) in [6.07, 6.45) is 0. The molecular formula is C111H130N3O12P3Si8. The number of hydrogen-bond acceptors (Lipinski definition) is 15. The minimum Gasteiger partial charge on any atom is -0.374 e. The monoisotopic (exact) mass is 2010 g/mol. The number of nitrogens with zero attached hydrogens (tertiary/aromatic N) is 3. The summed E-state index contributed by atoms with van der Waals surface area (Å²) in [6, 6.07) is 108. The summed E-state index contributed by atoms with van der Waals surface area (Å²) in [5, 5.41) is 15.3. The van der Waals surface area contributed by atoms with Crippen molar-refractivity contribution in [2.75, 3.05) is 0 Å². The van der Waals surface area contributed by atoms with Crippen LogP contribution in [0.5, 0.6) is 0 Å². The average Bonchev–Trinajstić information content (AvgIpc) is 0.698. The molecule has 8 bridgehead atoms. The van der Waals surface area contributed by atoms with Crippen molar-refractivity contribution in [3.8, 4) is 33.4 Å². The first-order valence-corrected chi connectivity index (χ1v) is 69.6. The summed E-state index contributed by atoms with van der Waals surface area (Å²) in [5.74, 6) is 0. The van der Waals surface area contributed by atoms with E-state index in [9.17, 15) is 0 Å². The molecule has 0 N–H and O–H groups in total. The maximum absolute atomic E-state index is 6.39. The highest BCUT2D eigenvalue weighted by Gasteiger charge is 2.78.